The normalized spacial score (nSPS) is 33.1. The molecule has 0 amide bonds. The summed E-state index contributed by atoms with van der Waals surface area (Å²) in [4.78, 5) is 53.1. The fourth-order valence-electron chi connectivity index (χ4n) is 7.45. The number of esters is 4. The molecule has 372 valence electrons. The molecule has 0 aromatic heterocycles. The van der Waals surface area contributed by atoms with Crippen molar-refractivity contribution in [3.05, 3.63) is 70.7 Å². The molecule has 2 fully saturated rings. The maximum Gasteiger partial charge on any atom is 0.337 e. The molecule has 67 heavy (non-hydrogen) atoms. The minimum absolute atomic E-state index is 0.0877. The molecule has 5 rings (SSSR count). The van der Waals surface area contributed by atoms with Crippen molar-refractivity contribution in [2.24, 2.45) is 11.8 Å². The van der Waals surface area contributed by atoms with Crippen LogP contribution in [0.5, 0.6) is 11.5 Å². The van der Waals surface area contributed by atoms with Crippen molar-refractivity contribution < 1.29 is 123 Å². The Labute approximate surface area is 380 Å². The van der Waals surface area contributed by atoms with Gasteiger partial charge < -0.3 is 104 Å². The molecule has 1 aromatic carbocycles. The monoisotopic (exact) mass is 958 g/mol. The minimum atomic E-state index is -1.94. The van der Waals surface area contributed by atoms with Crippen molar-refractivity contribution in [2.75, 3.05) is 47.3 Å². The summed E-state index contributed by atoms with van der Waals surface area (Å²) in [6, 6.07) is 3.98. The third-order valence-electron chi connectivity index (χ3n) is 11.1. The number of aliphatic hydroxyl groups is 9. The highest BCUT2D eigenvalue weighted by Gasteiger charge is 2.49. The molecule has 0 saturated carbocycles. The average molecular weight is 959 g/mol. The number of methoxy groups -OCH3 is 2. The van der Waals surface area contributed by atoms with Gasteiger partial charge in [-0.05, 0) is 23.8 Å². The predicted octanol–water partition coefficient (Wildman–Crippen LogP) is -3.96. The molecule has 1 aromatic rings. The minimum Gasteiger partial charge on any atom is -0.504 e. The Morgan fingerprint density at radius 3 is 1.55 bits per heavy atom. The molecule has 0 spiro atoms. The number of hydrogen-bond acceptors (Lipinski definition) is 25. The van der Waals surface area contributed by atoms with Gasteiger partial charge in [-0.15, -0.1) is 0 Å². The molecule has 2 saturated heterocycles. The van der Waals surface area contributed by atoms with Gasteiger partial charge in [-0.2, -0.15) is 0 Å². The van der Waals surface area contributed by atoms with E-state index in [1.165, 1.54) is 18.2 Å². The van der Waals surface area contributed by atoms with Gasteiger partial charge in [0.1, 0.15) is 55.4 Å². The maximum atomic E-state index is 13.7. The van der Waals surface area contributed by atoms with Crippen molar-refractivity contribution in [3.63, 3.8) is 0 Å². The van der Waals surface area contributed by atoms with Crippen molar-refractivity contribution in [3.8, 4) is 11.5 Å². The number of aliphatic hydroxyl groups excluding tert-OH is 9. The van der Waals surface area contributed by atoms with Crippen molar-refractivity contribution in [2.45, 2.75) is 93.3 Å². The second kappa shape index (κ2) is 24.2. The first-order valence-electron chi connectivity index (χ1n) is 20.6. The summed E-state index contributed by atoms with van der Waals surface area (Å²) in [5, 5.41) is 111. The summed E-state index contributed by atoms with van der Waals surface area (Å²) >= 11 is 0. The number of aromatic hydroxyl groups is 2. The number of ether oxygens (including phenoxy) is 10. The number of carbonyl (C=O) groups excluding carboxylic acids is 4. The van der Waals surface area contributed by atoms with Crippen molar-refractivity contribution in [1.82, 2.24) is 0 Å². The van der Waals surface area contributed by atoms with Crippen LogP contribution < -0.4 is 0 Å². The summed E-state index contributed by atoms with van der Waals surface area (Å²) < 4.78 is 54.4. The first kappa shape index (κ1) is 52.7. The van der Waals surface area contributed by atoms with E-state index in [0.29, 0.717) is 5.56 Å². The highest BCUT2D eigenvalue weighted by Crippen LogP contribution is 2.38. The number of phenols is 2. The van der Waals surface area contributed by atoms with E-state index in [-0.39, 0.29) is 41.1 Å². The van der Waals surface area contributed by atoms with Crippen LogP contribution in [0.15, 0.2) is 65.2 Å². The highest BCUT2D eigenvalue weighted by atomic mass is 16.8. The van der Waals surface area contributed by atoms with Crippen LogP contribution in [0, 0.1) is 11.8 Å². The number of phenolic OH excluding ortho intramolecular Hbond substituents is 2. The van der Waals surface area contributed by atoms with Gasteiger partial charge in [0.05, 0.1) is 77.2 Å². The van der Waals surface area contributed by atoms with E-state index in [9.17, 15) is 75.3 Å². The second-order valence-electron chi connectivity index (χ2n) is 15.3. The van der Waals surface area contributed by atoms with Gasteiger partial charge in [-0.3, -0.25) is 9.59 Å². The fraction of sp³-hybridized carbons (Fsp3) is 0.571. The number of hydrogen-bond donors (Lipinski definition) is 11. The summed E-state index contributed by atoms with van der Waals surface area (Å²) in [6.07, 6.45) is -18.0. The molecule has 25 heteroatoms. The van der Waals surface area contributed by atoms with E-state index in [2.05, 4.69) is 0 Å². The van der Waals surface area contributed by atoms with E-state index in [4.69, 9.17) is 47.4 Å². The molecule has 0 radical (unpaired) electrons. The Morgan fingerprint density at radius 2 is 1.10 bits per heavy atom. The Kier molecular flexibility index (Phi) is 19.0. The third-order valence-corrected chi connectivity index (χ3v) is 11.1. The molecule has 14 atom stereocenters. The average Bonchev–Trinajstić information content (AvgIpc) is 3.31. The summed E-state index contributed by atoms with van der Waals surface area (Å²) in [7, 11) is 2.08. The third kappa shape index (κ3) is 12.6. The van der Waals surface area contributed by atoms with Gasteiger partial charge in [0.15, 0.2) is 24.1 Å². The molecule has 25 nitrogen and oxygen atoms in total. The Bertz CT molecular complexity index is 2010. The van der Waals surface area contributed by atoms with E-state index < -0.39 is 155 Å². The summed E-state index contributed by atoms with van der Waals surface area (Å²) in [6.45, 7) is -3.26. The molecule has 4 aliphatic heterocycles. The first-order valence-corrected chi connectivity index (χ1v) is 20.6. The zero-order valence-corrected chi connectivity index (χ0v) is 35.9. The molecular formula is C42H54O25. The number of carbonyl (C=O) groups is 4. The van der Waals surface area contributed by atoms with Crippen LogP contribution in [0.4, 0.5) is 0 Å². The van der Waals surface area contributed by atoms with E-state index in [1.807, 2.05) is 0 Å². The fourth-order valence-corrected chi connectivity index (χ4v) is 7.45. The van der Waals surface area contributed by atoms with Crippen LogP contribution in [-0.2, 0) is 73.0 Å². The van der Waals surface area contributed by atoms with Gasteiger partial charge in [0, 0.05) is 29.4 Å². The van der Waals surface area contributed by atoms with Gasteiger partial charge in [-0.1, -0.05) is 12.1 Å². The standard InChI is InChI=1S/C42H54O25/c1-58-37(56)23-16-62-39(66-41-35(54)33(52)31(50)27(14-44)64-41)19(5-8-43)21(23)12-30(49)61-10-7-20-22(13-29(48)60-9-6-18-3-4-25(46)26(47)11-18)24(38(57)59-2)17-63-40(20)67-42-36(55)34(53)32(51)28(15-45)65-42/h3-5,7,11,16-17,21-22,27-28,31-36,39-47,50-55H,6,8-10,12-15H2,1-2H3/b19-5-,20-7-/t21-,22-,27+,28+,31+,32+,33-,34-,35+,36+,39-,40-,41-,42-/m0/s1. The Morgan fingerprint density at radius 1 is 0.627 bits per heavy atom. The van der Waals surface area contributed by atoms with Gasteiger partial charge in [0.2, 0.25) is 12.6 Å². The second-order valence-corrected chi connectivity index (χ2v) is 15.3. The highest BCUT2D eigenvalue weighted by molar-refractivity contribution is 5.91. The van der Waals surface area contributed by atoms with Crippen molar-refractivity contribution in [1.29, 1.82) is 0 Å². The van der Waals surface area contributed by atoms with Crippen LogP contribution in [0.25, 0.3) is 0 Å². The van der Waals surface area contributed by atoms with E-state index >= 15 is 0 Å². The van der Waals surface area contributed by atoms with Crippen LogP contribution in [-0.4, -0.2) is 201 Å². The lowest BCUT2D eigenvalue weighted by atomic mass is 9.86. The Balaban J connectivity index is 1.40. The number of rotatable bonds is 18. The van der Waals surface area contributed by atoms with Gasteiger partial charge >= 0.3 is 23.9 Å². The van der Waals surface area contributed by atoms with Crippen molar-refractivity contribution >= 4 is 23.9 Å². The number of benzene rings is 1. The molecule has 11 N–H and O–H groups in total. The molecule has 0 bridgehead atoms. The molecular weight excluding hydrogens is 904 g/mol. The molecule has 4 aliphatic rings. The van der Waals surface area contributed by atoms with Crippen LogP contribution >= 0.6 is 0 Å². The largest absolute Gasteiger partial charge is 0.504 e. The Hall–Kier alpha value is -5.26. The summed E-state index contributed by atoms with van der Waals surface area (Å²) in [5.74, 6) is -7.36. The molecule has 0 aliphatic carbocycles. The lowest BCUT2D eigenvalue weighted by Crippen LogP contribution is -2.60. The van der Waals surface area contributed by atoms with Gasteiger partial charge in [0.25, 0.3) is 0 Å². The van der Waals surface area contributed by atoms with E-state index in [1.54, 1.807) is 0 Å². The van der Waals surface area contributed by atoms with Gasteiger partial charge in [-0.25, -0.2) is 9.59 Å². The SMILES string of the molecule is COC(=O)C1=CO[C@@H](O[C@@H]2O[C@H](CO)[C@@H](O)[C@H](O)[C@H]2O)/C(=C\CO)[C@@H]1CC(=O)OC/C=C1\[C@H](O[C@@H]2O[C@H](CO)[C@@H](O)[C@H](O)[C@H]2O)OC=C(C(=O)OC)[C@H]1CC(=O)OCCc1ccc(O)c(O)c1. The topological polar surface area (TPSA) is 383 Å². The van der Waals surface area contributed by atoms with Crippen LogP contribution in [0.3, 0.4) is 0 Å². The van der Waals surface area contributed by atoms with Crippen LogP contribution in [0.1, 0.15) is 18.4 Å². The first-order chi connectivity index (χ1) is 32.0. The maximum absolute atomic E-state index is 13.7. The molecule has 4 heterocycles. The zero-order valence-electron chi connectivity index (χ0n) is 35.9. The van der Waals surface area contributed by atoms with E-state index in [0.717, 1.165) is 38.9 Å². The summed E-state index contributed by atoms with van der Waals surface area (Å²) in [5.41, 5.74) is -0.282. The smallest absolute Gasteiger partial charge is 0.337 e. The predicted molar refractivity (Wildman–Crippen MR) is 215 cm³/mol. The lowest BCUT2D eigenvalue weighted by molar-refractivity contribution is -0.328. The van der Waals surface area contributed by atoms with Crippen LogP contribution in [0.2, 0.25) is 0 Å². The zero-order chi connectivity index (χ0) is 49.1. The lowest BCUT2D eigenvalue weighted by Gasteiger charge is -2.42. The molecule has 0 unspecified atom stereocenters. The quantitative estimate of drug-likeness (QED) is 0.0289.